The second-order valence-electron chi connectivity index (χ2n) is 7.23. The molecule has 0 radical (unpaired) electrons. The van der Waals surface area contributed by atoms with Crippen LogP contribution in [0.5, 0.6) is 0 Å². The van der Waals surface area contributed by atoms with Crippen molar-refractivity contribution in [3.8, 4) is 0 Å². The number of aromatic nitrogens is 3. The zero-order chi connectivity index (χ0) is 22.4. The minimum atomic E-state index is -2.19. The molecule has 32 heavy (non-hydrogen) atoms. The Labute approximate surface area is 185 Å². The van der Waals surface area contributed by atoms with Gasteiger partial charge in [-0.1, -0.05) is 37.3 Å². The molecule has 0 amide bonds. The van der Waals surface area contributed by atoms with Crippen LogP contribution in [0.2, 0.25) is 0 Å². The molecule has 0 unspecified atom stereocenters. The Balaban J connectivity index is 0.000000461. The molecule has 3 heterocycles. The Morgan fingerprint density at radius 3 is 2.22 bits per heavy atom. The highest BCUT2D eigenvalue weighted by molar-refractivity contribution is 6.25. The van der Waals surface area contributed by atoms with E-state index >= 15 is 0 Å². The van der Waals surface area contributed by atoms with Crippen LogP contribution in [0.4, 0.5) is 0 Å². The van der Waals surface area contributed by atoms with Crippen molar-refractivity contribution in [2.75, 3.05) is 19.6 Å². The Kier molecular flexibility index (Phi) is 8.65. The number of fused-ring (bicyclic) bond motifs is 2. The number of carbonyl (C=O) groups excluding carboxylic acids is 3. The number of aryl methyl sites for hydroxylation is 2. The van der Waals surface area contributed by atoms with Crippen molar-refractivity contribution >= 4 is 23.5 Å². The number of carboxylic acids is 3. The molecule has 0 N–H and O–H groups in total. The van der Waals surface area contributed by atoms with E-state index in [2.05, 4.69) is 39.2 Å². The van der Waals surface area contributed by atoms with Crippen molar-refractivity contribution in [2.45, 2.75) is 39.7 Å². The molecular formula is C22H25N4O6-3. The van der Waals surface area contributed by atoms with E-state index in [1.165, 1.54) is 22.3 Å². The fourth-order valence-electron chi connectivity index (χ4n) is 3.84. The molecule has 2 aromatic rings. The van der Waals surface area contributed by atoms with Crippen LogP contribution in [-0.4, -0.2) is 57.2 Å². The molecule has 172 valence electrons. The first kappa shape index (κ1) is 24.7. The average Bonchev–Trinajstić information content (AvgIpc) is 3.15. The minimum Gasteiger partial charge on any atom is -0.550 e. The van der Waals surface area contributed by atoms with Crippen molar-refractivity contribution in [1.82, 2.24) is 19.7 Å². The van der Waals surface area contributed by atoms with Crippen LogP contribution in [0.1, 0.15) is 43.6 Å². The summed E-state index contributed by atoms with van der Waals surface area (Å²) in [7, 11) is 0. The lowest BCUT2D eigenvalue weighted by molar-refractivity contribution is -0.345. The van der Waals surface area contributed by atoms with Crippen molar-refractivity contribution in [2.24, 2.45) is 0 Å². The van der Waals surface area contributed by atoms with Crippen LogP contribution in [0.3, 0.4) is 0 Å². The van der Waals surface area contributed by atoms with E-state index < -0.39 is 17.9 Å². The maximum absolute atomic E-state index is 10.7. The summed E-state index contributed by atoms with van der Waals surface area (Å²) in [5.74, 6) is -4.39. The summed E-state index contributed by atoms with van der Waals surface area (Å²) in [6.07, 6.45) is 4.57. The molecule has 0 bridgehead atoms. The molecule has 0 aliphatic carbocycles. The molecule has 10 nitrogen and oxygen atoms in total. The number of hydrogen-bond acceptors (Lipinski definition) is 9. The summed E-state index contributed by atoms with van der Waals surface area (Å²) >= 11 is 0. The van der Waals surface area contributed by atoms with Gasteiger partial charge in [0.15, 0.2) is 5.82 Å². The Morgan fingerprint density at radius 1 is 0.938 bits per heavy atom. The maximum atomic E-state index is 10.7. The molecule has 0 spiro atoms. The first-order valence-electron chi connectivity index (χ1n) is 9.89. The van der Waals surface area contributed by atoms with Crippen LogP contribution >= 0.6 is 0 Å². The molecule has 0 saturated carbocycles. The van der Waals surface area contributed by atoms with E-state index in [0.29, 0.717) is 6.54 Å². The fraction of sp³-hybridized carbons (Fsp3) is 0.409. The summed E-state index contributed by atoms with van der Waals surface area (Å²) in [5, 5.41) is 32.9. The van der Waals surface area contributed by atoms with E-state index in [4.69, 9.17) is 19.8 Å². The molecular weight excluding hydrogens is 416 g/mol. The Morgan fingerprint density at radius 2 is 1.59 bits per heavy atom. The zero-order valence-electron chi connectivity index (χ0n) is 16.8. The van der Waals surface area contributed by atoms with Gasteiger partial charge in [0.05, 0.1) is 11.9 Å². The van der Waals surface area contributed by atoms with E-state index in [1.54, 1.807) is 6.33 Å². The Bertz CT molecular complexity index is 991. The molecule has 1 fully saturated rings. The molecule has 2 aliphatic rings. The summed E-state index contributed by atoms with van der Waals surface area (Å²) < 4.78 is 2.00. The van der Waals surface area contributed by atoms with Crippen molar-refractivity contribution in [3.63, 3.8) is 0 Å². The van der Waals surface area contributed by atoms with Gasteiger partial charge < -0.3 is 34.6 Å². The lowest BCUT2D eigenvalue weighted by atomic mass is 9.90. The molecule has 4 rings (SSSR count). The number of benzene rings is 1. The number of nitrogens with zero attached hydrogens (tertiary/aromatic N) is 4. The van der Waals surface area contributed by atoms with Gasteiger partial charge in [-0.25, -0.2) is 9.67 Å². The van der Waals surface area contributed by atoms with Crippen LogP contribution in [0.25, 0.3) is 5.57 Å². The largest absolute Gasteiger partial charge is 0.550 e. The number of aliphatic carboxylic acids is 3. The van der Waals surface area contributed by atoms with Crippen molar-refractivity contribution < 1.29 is 29.7 Å². The third-order valence-corrected chi connectivity index (χ3v) is 5.33. The van der Waals surface area contributed by atoms with Gasteiger partial charge in [0.2, 0.25) is 0 Å². The predicted octanol–water partition coefficient (Wildman–Crippen LogP) is -2.01. The molecule has 1 aromatic heterocycles. The van der Waals surface area contributed by atoms with Crippen LogP contribution in [-0.2, 0) is 27.3 Å². The van der Waals surface area contributed by atoms with Gasteiger partial charge >= 0.3 is 0 Å². The summed E-state index contributed by atoms with van der Waals surface area (Å²) in [6, 6.07) is 8.55. The van der Waals surface area contributed by atoms with Crippen LogP contribution < -0.4 is 15.3 Å². The van der Waals surface area contributed by atoms with Gasteiger partial charge in [-0.3, -0.25) is 0 Å². The SMILES string of the molecule is C.O=C([O-])C(=O)[O-].O=C([O-])CCN1CCC(=C2c3ccccc3CCn3ncnc32)CC1. The number of hydrogen-bond donors (Lipinski definition) is 0. The number of likely N-dealkylation sites (tertiary alicyclic amines) is 1. The van der Waals surface area contributed by atoms with Gasteiger partial charge in [0, 0.05) is 37.7 Å². The number of piperidine rings is 1. The quantitative estimate of drug-likeness (QED) is 0.492. The van der Waals surface area contributed by atoms with Crippen LogP contribution in [0, 0.1) is 0 Å². The van der Waals surface area contributed by atoms with E-state index in [-0.39, 0.29) is 13.8 Å². The number of carbonyl (C=O) groups is 3. The summed E-state index contributed by atoms with van der Waals surface area (Å²) in [6.45, 7) is 3.17. The molecule has 2 aliphatic heterocycles. The molecule has 10 heteroatoms. The predicted molar refractivity (Wildman–Crippen MR) is 108 cm³/mol. The highest BCUT2D eigenvalue weighted by Gasteiger charge is 2.25. The van der Waals surface area contributed by atoms with Crippen molar-refractivity contribution in [3.05, 3.63) is 53.1 Å². The standard InChI is InChI=1S/C19H22N4O2.C2H2O4.CH4/c24-17(25)8-11-22-9-5-15(6-10-22)18-16-4-2-1-3-14(16)7-12-23-19(18)20-13-21-23;3-1(4)2(5)6;/h1-4,13H,5-12H2,(H,24,25);(H,3,4)(H,5,6);1H4/p-3. The molecule has 1 saturated heterocycles. The smallest absolute Gasteiger partial charge is 0.158 e. The summed E-state index contributed by atoms with van der Waals surface area (Å²) in [4.78, 5) is 35.3. The zero-order valence-corrected chi connectivity index (χ0v) is 16.8. The third-order valence-electron chi connectivity index (χ3n) is 5.33. The van der Waals surface area contributed by atoms with E-state index in [0.717, 1.165) is 44.7 Å². The fourth-order valence-corrected chi connectivity index (χ4v) is 3.84. The minimum absolute atomic E-state index is 0. The van der Waals surface area contributed by atoms with Gasteiger partial charge in [0.25, 0.3) is 0 Å². The van der Waals surface area contributed by atoms with Gasteiger partial charge in [-0.05, 0) is 36.8 Å². The topological polar surface area (TPSA) is 154 Å². The van der Waals surface area contributed by atoms with Gasteiger partial charge in [0.1, 0.15) is 6.33 Å². The van der Waals surface area contributed by atoms with E-state index in [9.17, 15) is 9.90 Å². The van der Waals surface area contributed by atoms with E-state index in [1.807, 2.05) is 4.68 Å². The molecule has 1 aromatic carbocycles. The Hall–Kier alpha value is -3.53. The third kappa shape index (κ3) is 6.01. The first-order chi connectivity index (χ1) is 14.9. The van der Waals surface area contributed by atoms with Gasteiger partial charge in [-0.2, -0.15) is 5.10 Å². The van der Waals surface area contributed by atoms with Gasteiger partial charge in [-0.15, -0.1) is 0 Å². The normalized spacial score (nSPS) is 15.2. The second kappa shape index (κ2) is 11.2. The summed E-state index contributed by atoms with van der Waals surface area (Å²) in [5.41, 5.74) is 5.24. The average molecular weight is 441 g/mol. The first-order valence-corrected chi connectivity index (χ1v) is 9.89. The highest BCUT2D eigenvalue weighted by atomic mass is 16.4. The lowest BCUT2D eigenvalue weighted by Crippen LogP contribution is -2.42. The highest BCUT2D eigenvalue weighted by Crippen LogP contribution is 2.35. The number of carboxylic acid groups (broad SMARTS) is 3. The van der Waals surface area contributed by atoms with Crippen molar-refractivity contribution in [1.29, 1.82) is 0 Å². The van der Waals surface area contributed by atoms with Crippen LogP contribution in [0.15, 0.2) is 36.2 Å². The lowest BCUT2D eigenvalue weighted by Gasteiger charge is -2.30. The monoisotopic (exact) mass is 441 g/mol. The molecule has 0 atom stereocenters. The number of rotatable bonds is 3. The maximum Gasteiger partial charge on any atom is 0.158 e. The second-order valence-corrected chi connectivity index (χ2v) is 7.23.